The number of nitrogens with zero attached hydrogens (tertiary/aromatic N) is 4. The molecule has 1 aromatic heterocycles. The first-order valence-electron chi connectivity index (χ1n) is 7.22. The molecule has 21 heavy (non-hydrogen) atoms. The van der Waals surface area contributed by atoms with E-state index in [0.29, 0.717) is 24.5 Å². The monoisotopic (exact) mass is 289 g/mol. The summed E-state index contributed by atoms with van der Waals surface area (Å²) < 4.78 is 1.65. The Hall–Kier alpha value is -2.15. The molecule has 1 amide bonds. The van der Waals surface area contributed by atoms with E-state index in [-0.39, 0.29) is 5.91 Å². The fourth-order valence-electron chi connectivity index (χ4n) is 2.38. The molecule has 0 aliphatic carbocycles. The highest BCUT2D eigenvalue weighted by Gasteiger charge is 2.31. The van der Waals surface area contributed by atoms with Crippen LogP contribution in [0.1, 0.15) is 29.6 Å². The number of anilines is 1. The van der Waals surface area contributed by atoms with Gasteiger partial charge >= 0.3 is 0 Å². The lowest BCUT2D eigenvalue weighted by Crippen LogP contribution is -2.53. The van der Waals surface area contributed by atoms with Crippen LogP contribution in [0, 0.1) is 0 Å². The molecule has 0 aromatic carbocycles. The molecule has 0 unspecified atom stereocenters. The van der Waals surface area contributed by atoms with Crippen molar-refractivity contribution in [3.05, 3.63) is 17.8 Å². The van der Waals surface area contributed by atoms with Gasteiger partial charge in [0.15, 0.2) is 0 Å². The van der Waals surface area contributed by atoms with Crippen LogP contribution in [0.3, 0.4) is 0 Å². The number of carbonyl (C=O) groups excluding carboxylic acids is 1. The van der Waals surface area contributed by atoms with Crippen LogP contribution in [0.25, 0.3) is 6.20 Å². The Morgan fingerprint density at radius 1 is 1.38 bits per heavy atom. The van der Waals surface area contributed by atoms with Crippen molar-refractivity contribution in [2.24, 2.45) is 4.99 Å². The van der Waals surface area contributed by atoms with E-state index in [1.54, 1.807) is 22.1 Å². The summed E-state index contributed by atoms with van der Waals surface area (Å²) in [5.74, 6) is 0.494. The molecule has 1 aromatic rings. The summed E-state index contributed by atoms with van der Waals surface area (Å²) in [5, 5.41) is 16.6. The SMILES string of the molecule is O=C(c1cnn2c1NC=NCCCCC=C2)N1CC(O)C1. The molecule has 3 heterocycles. The minimum absolute atomic E-state index is 0.120. The lowest BCUT2D eigenvalue weighted by atomic mass is 10.1. The van der Waals surface area contributed by atoms with Crippen LogP contribution in [-0.2, 0) is 0 Å². The number of hydrogen-bond acceptors (Lipinski definition) is 5. The standard InChI is InChI=1S/C14H19N5O2/c20-11-8-18(9-11)14(21)12-7-17-19-6-4-2-1-3-5-15-10-16-13(12)19/h4,6-7,10-11,20H,1-3,5,8-9H2,(H,15,16). The van der Waals surface area contributed by atoms with Crippen LogP contribution >= 0.6 is 0 Å². The number of fused-ring (bicyclic) bond motifs is 1. The fourth-order valence-corrected chi connectivity index (χ4v) is 2.38. The van der Waals surface area contributed by atoms with Gasteiger partial charge in [-0.2, -0.15) is 5.10 Å². The van der Waals surface area contributed by atoms with Gasteiger partial charge in [0, 0.05) is 25.8 Å². The molecular weight excluding hydrogens is 270 g/mol. The molecule has 0 spiro atoms. The van der Waals surface area contributed by atoms with E-state index in [1.807, 2.05) is 12.3 Å². The number of amides is 1. The second-order valence-electron chi connectivity index (χ2n) is 5.28. The molecule has 0 atom stereocenters. The number of aliphatic hydroxyl groups excluding tert-OH is 1. The second kappa shape index (κ2) is 6.09. The maximum Gasteiger partial charge on any atom is 0.259 e. The molecule has 0 saturated carbocycles. The van der Waals surface area contributed by atoms with Crippen molar-refractivity contribution in [1.29, 1.82) is 0 Å². The third kappa shape index (κ3) is 2.97. The maximum absolute atomic E-state index is 12.4. The number of aliphatic imine (C=N–C) groups is 1. The van der Waals surface area contributed by atoms with E-state index in [0.717, 1.165) is 25.8 Å². The van der Waals surface area contributed by atoms with Crippen LogP contribution < -0.4 is 5.32 Å². The van der Waals surface area contributed by atoms with Gasteiger partial charge in [-0.25, -0.2) is 4.68 Å². The normalized spacial score (nSPS) is 19.4. The Morgan fingerprint density at radius 3 is 3.05 bits per heavy atom. The highest BCUT2D eigenvalue weighted by atomic mass is 16.3. The Bertz CT molecular complexity index is 572. The number of allylic oxidation sites excluding steroid dienone is 1. The molecule has 2 aliphatic rings. The minimum atomic E-state index is -0.407. The molecule has 1 fully saturated rings. The molecular formula is C14H19N5O2. The zero-order valence-electron chi connectivity index (χ0n) is 11.8. The second-order valence-corrected chi connectivity index (χ2v) is 5.28. The molecule has 0 radical (unpaired) electrons. The lowest BCUT2D eigenvalue weighted by molar-refractivity contribution is 0.00596. The van der Waals surface area contributed by atoms with E-state index in [4.69, 9.17) is 0 Å². The fraction of sp³-hybridized carbons (Fsp3) is 0.500. The summed E-state index contributed by atoms with van der Waals surface area (Å²) in [7, 11) is 0. The van der Waals surface area contributed by atoms with Gasteiger partial charge in [-0.3, -0.25) is 9.79 Å². The Balaban J connectivity index is 1.85. The summed E-state index contributed by atoms with van der Waals surface area (Å²) in [5.41, 5.74) is 0.497. The van der Waals surface area contributed by atoms with E-state index >= 15 is 0 Å². The predicted octanol–water partition coefficient (Wildman–Crippen LogP) is 0.795. The number of β-amino-alcohol motifs (C(OH)–C–C–N with tert-alkyl or cyclic N) is 1. The zero-order chi connectivity index (χ0) is 14.7. The first-order chi connectivity index (χ1) is 10.3. The van der Waals surface area contributed by atoms with Crippen molar-refractivity contribution in [2.45, 2.75) is 25.4 Å². The summed E-state index contributed by atoms with van der Waals surface area (Å²) in [6.45, 7) is 1.54. The highest BCUT2D eigenvalue weighted by Crippen LogP contribution is 2.21. The van der Waals surface area contributed by atoms with Crippen molar-refractivity contribution >= 4 is 24.3 Å². The number of nitrogens with one attached hydrogen (secondary N) is 1. The summed E-state index contributed by atoms with van der Waals surface area (Å²) in [4.78, 5) is 18.3. The van der Waals surface area contributed by atoms with E-state index in [9.17, 15) is 9.90 Å². The summed E-state index contributed by atoms with van der Waals surface area (Å²) in [6, 6.07) is 0. The van der Waals surface area contributed by atoms with Gasteiger partial charge in [-0.05, 0) is 19.3 Å². The molecule has 1 saturated heterocycles. The number of hydrogen-bond donors (Lipinski definition) is 2. The van der Waals surface area contributed by atoms with Crippen molar-refractivity contribution in [3.63, 3.8) is 0 Å². The van der Waals surface area contributed by atoms with E-state index in [1.165, 1.54) is 0 Å². The van der Waals surface area contributed by atoms with E-state index < -0.39 is 6.10 Å². The van der Waals surface area contributed by atoms with E-state index in [2.05, 4.69) is 15.4 Å². The molecule has 7 nitrogen and oxygen atoms in total. The molecule has 112 valence electrons. The number of carbonyl (C=O) groups is 1. The number of aliphatic hydroxyl groups is 1. The first kappa shape index (κ1) is 13.8. The largest absolute Gasteiger partial charge is 0.389 e. The smallest absolute Gasteiger partial charge is 0.259 e. The molecule has 2 aliphatic heterocycles. The average molecular weight is 289 g/mol. The Labute approximate surface area is 123 Å². The quantitative estimate of drug-likeness (QED) is 0.801. The number of aromatic nitrogens is 2. The van der Waals surface area contributed by atoms with Gasteiger partial charge in [0.05, 0.1) is 18.6 Å². The third-order valence-electron chi connectivity index (χ3n) is 3.62. The molecule has 0 bridgehead atoms. The Morgan fingerprint density at radius 2 is 2.24 bits per heavy atom. The van der Waals surface area contributed by atoms with Gasteiger partial charge in [-0.1, -0.05) is 6.08 Å². The predicted molar refractivity (Wildman–Crippen MR) is 80.3 cm³/mol. The number of likely N-dealkylation sites (tertiary alicyclic amines) is 1. The van der Waals surface area contributed by atoms with Crippen molar-refractivity contribution in [2.75, 3.05) is 25.0 Å². The maximum atomic E-state index is 12.4. The van der Waals surface area contributed by atoms with Crippen LogP contribution in [0.4, 0.5) is 5.82 Å². The topological polar surface area (TPSA) is 82.8 Å². The van der Waals surface area contributed by atoms with Gasteiger partial charge in [0.1, 0.15) is 11.4 Å². The van der Waals surface area contributed by atoms with Gasteiger partial charge in [-0.15, -0.1) is 0 Å². The summed E-state index contributed by atoms with van der Waals surface area (Å²) in [6.07, 6.45) is 9.78. The van der Waals surface area contributed by atoms with Crippen molar-refractivity contribution in [3.8, 4) is 0 Å². The molecule has 3 rings (SSSR count). The molecule has 2 N–H and O–H groups in total. The zero-order valence-corrected chi connectivity index (χ0v) is 11.8. The van der Waals surface area contributed by atoms with Crippen molar-refractivity contribution < 1.29 is 9.90 Å². The third-order valence-corrected chi connectivity index (χ3v) is 3.62. The van der Waals surface area contributed by atoms with Crippen LogP contribution in [0.15, 0.2) is 17.3 Å². The highest BCUT2D eigenvalue weighted by molar-refractivity contribution is 6.01. The average Bonchev–Trinajstić information content (AvgIpc) is 2.82. The molecule has 7 heteroatoms. The number of rotatable bonds is 1. The van der Waals surface area contributed by atoms with Crippen LogP contribution in [0.2, 0.25) is 0 Å². The Kier molecular flexibility index (Phi) is 4.01. The first-order valence-corrected chi connectivity index (χ1v) is 7.22. The van der Waals surface area contributed by atoms with Crippen molar-refractivity contribution in [1.82, 2.24) is 14.7 Å². The van der Waals surface area contributed by atoms with Crippen LogP contribution in [0.5, 0.6) is 0 Å². The van der Waals surface area contributed by atoms with Gasteiger partial charge in [0.2, 0.25) is 0 Å². The van der Waals surface area contributed by atoms with Crippen LogP contribution in [-0.4, -0.2) is 57.8 Å². The summed E-state index contributed by atoms with van der Waals surface area (Å²) >= 11 is 0. The minimum Gasteiger partial charge on any atom is -0.389 e. The lowest BCUT2D eigenvalue weighted by Gasteiger charge is -2.35. The van der Waals surface area contributed by atoms with Gasteiger partial charge < -0.3 is 15.3 Å². The van der Waals surface area contributed by atoms with Gasteiger partial charge in [0.25, 0.3) is 5.91 Å².